The molecule has 4 N–H and O–H groups in total. The van der Waals surface area contributed by atoms with Crippen LogP contribution in [0.25, 0.3) is 0 Å². The van der Waals surface area contributed by atoms with Crippen LogP contribution in [0.1, 0.15) is 6.92 Å². The highest BCUT2D eigenvalue weighted by Gasteiger charge is 2.29. The van der Waals surface area contributed by atoms with Gasteiger partial charge in [0.15, 0.2) is 0 Å². The number of primary sulfonamides is 1. The fourth-order valence-electron chi connectivity index (χ4n) is 2.16. The molecule has 0 aliphatic carbocycles. The molecule has 1 fully saturated rings. The highest BCUT2D eigenvalue weighted by Crippen LogP contribution is 2.27. The first kappa shape index (κ1) is 15.4. The first-order chi connectivity index (χ1) is 9.29. The number of carbonyl (C=O) groups excluding carboxylic acids is 1. The molecule has 110 valence electrons. The molecule has 0 radical (unpaired) electrons. The fraction of sp³-hybridized carbons (Fsp3) is 0.417. The third kappa shape index (κ3) is 3.38. The molecular weight excluding hydrogens is 346 g/mol. The molecule has 2 rings (SSSR count). The number of benzene rings is 1. The smallest absolute Gasteiger partial charge is 0.238 e. The maximum Gasteiger partial charge on any atom is 0.238 e. The number of hydrogen-bond acceptors (Lipinski definition) is 4. The van der Waals surface area contributed by atoms with E-state index in [0.29, 0.717) is 16.7 Å². The number of rotatable bonds is 3. The molecular formula is C12H16BrN3O3S. The SMILES string of the molecule is C[C@@H]1CNC[C@H]1C(=O)Nc1ccc(S(N)(=O)=O)cc1Br. The predicted octanol–water partition coefficient (Wildman–Crippen LogP) is 0.891. The van der Waals surface area contributed by atoms with Crippen molar-refractivity contribution in [2.24, 2.45) is 17.0 Å². The lowest BCUT2D eigenvalue weighted by molar-refractivity contribution is -0.120. The van der Waals surface area contributed by atoms with Gasteiger partial charge >= 0.3 is 0 Å². The van der Waals surface area contributed by atoms with E-state index in [1.54, 1.807) is 0 Å². The number of carbonyl (C=O) groups is 1. The number of anilines is 1. The maximum absolute atomic E-state index is 12.1. The van der Waals surface area contributed by atoms with Gasteiger partial charge in [-0.1, -0.05) is 6.92 Å². The van der Waals surface area contributed by atoms with E-state index in [0.717, 1.165) is 6.54 Å². The minimum absolute atomic E-state index is 0.00160. The Bertz CT molecular complexity index is 633. The Morgan fingerprint density at radius 3 is 2.65 bits per heavy atom. The lowest BCUT2D eigenvalue weighted by atomic mass is 9.97. The first-order valence-electron chi connectivity index (χ1n) is 6.13. The van der Waals surface area contributed by atoms with Gasteiger partial charge in [0.25, 0.3) is 0 Å². The van der Waals surface area contributed by atoms with Crippen molar-refractivity contribution in [2.45, 2.75) is 11.8 Å². The normalized spacial score (nSPS) is 22.8. The van der Waals surface area contributed by atoms with Gasteiger partial charge in [-0.25, -0.2) is 13.6 Å². The van der Waals surface area contributed by atoms with Crippen LogP contribution in [-0.2, 0) is 14.8 Å². The molecule has 0 bridgehead atoms. The van der Waals surface area contributed by atoms with Crippen LogP contribution in [-0.4, -0.2) is 27.4 Å². The van der Waals surface area contributed by atoms with Crippen molar-refractivity contribution < 1.29 is 13.2 Å². The van der Waals surface area contributed by atoms with Gasteiger partial charge in [-0.15, -0.1) is 0 Å². The molecule has 1 aromatic carbocycles. The Morgan fingerprint density at radius 2 is 2.15 bits per heavy atom. The monoisotopic (exact) mass is 361 g/mol. The molecule has 0 spiro atoms. The van der Waals surface area contributed by atoms with Crippen LogP contribution in [0.15, 0.2) is 27.6 Å². The summed E-state index contributed by atoms with van der Waals surface area (Å²) in [5.74, 6) is 0.115. The molecule has 1 saturated heterocycles. The largest absolute Gasteiger partial charge is 0.325 e. The van der Waals surface area contributed by atoms with Crippen LogP contribution < -0.4 is 15.8 Å². The van der Waals surface area contributed by atoms with Crippen molar-refractivity contribution in [3.8, 4) is 0 Å². The highest BCUT2D eigenvalue weighted by atomic mass is 79.9. The number of amides is 1. The maximum atomic E-state index is 12.1. The van der Waals surface area contributed by atoms with Crippen LogP contribution in [0.2, 0.25) is 0 Å². The Hall–Kier alpha value is -0.960. The fourth-order valence-corrected chi connectivity index (χ4v) is 3.33. The lowest BCUT2D eigenvalue weighted by Gasteiger charge is -2.15. The third-order valence-electron chi connectivity index (χ3n) is 3.38. The molecule has 1 aromatic rings. The predicted molar refractivity (Wildman–Crippen MR) is 79.7 cm³/mol. The molecule has 2 atom stereocenters. The van der Waals surface area contributed by atoms with Gasteiger partial charge in [-0.3, -0.25) is 4.79 Å². The van der Waals surface area contributed by atoms with Crippen LogP contribution in [0.3, 0.4) is 0 Å². The highest BCUT2D eigenvalue weighted by molar-refractivity contribution is 9.10. The molecule has 1 aliphatic heterocycles. The quantitative estimate of drug-likeness (QED) is 0.743. The van der Waals surface area contributed by atoms with E-state index in [1.807, 2.05) is 6.92 Å². The van der Waals surface area contributed by atoms with Gasteiger partial charge in [0, 0.05) is 11.0 Å². The van der Waals surface area contributed by atoms with Crippen LogP contribution in [0, 0.1) is 11.8 Å². The molecule has 0 saturated carbocycles. The van der Waals surface area contributed by atoms with Crippen molar-refractivity contribution in [1.82, 2.24) is 5.32 Å². The number of sulfonamides is 1. The third-order valence-corrected chi connectivity index (χ3v) is 4.95. The van der Waals surface area contributed by atoms with E-state index in [4.69, 9.17) is 5.14 Å². The summed E-state index contributed by atoms with van der Waals surface area (Å²) in [6.07, 6.45) is 0. The molecule has 1 amide bonds. The van der Waals surface area contributed by atoms with E-state index >= 15 is 0 Å². The topological polar surface area (TPSA) is 101 Å². The molecule has 1 aliphatic rings. The van der Waals surface area contributed by atoms with Crippen LogP contribution >= 0.6 is 15.9 Å². The molecule has 0 unspecified atom stereocenters. The van der Waals surface area contributed by atoms with Gasteiger partial charge in [-0.05, 0) is 46.6 Å². The summed E-state index contributed by atoms with van der Waals surface area (Å²) < 4.78 is 22.9. The van der Waals surface area contributed by atoms with E-state index in [-0.39, 0.29) is 22.6 Å². The zero-order valence-electron chi connectivity index (χ0n) is 10.9. The van der Waals surface area contributed by atoms with E-state index in [2.05, 4.69) is 26.6 Å². The first-order valence-corrected chi connectivity index (χ1v) is 8.47. The molecule has 20 heavy (non-hydrogen) atoms. The second-order valence-corrected chi connectivity index (χ2v) is 7.33. The van der Waals surface area contributed by atoms with Crippen LogP contribution in [0.4, 0.5) is 5.69 Å². The average Bonchev–Trinajstić information content (AvgIpc) is 2.76. The molecule has 8 heteroatoms. The van der Waals surface area contributed by atoms with E-state index in [9.17, 15) is 13.2 Å². The van der Waals surface area contributed by atoms with Gasteiger partial charge in [0.1, 0.15) is 0 Å². The minimum atomic E-state index is -3.75. The van der Waals surface area contributed by atoms with Crippen molar-refractivity contribution in [1.29, 1.82) is 0 Å². The minimum Gasteiger partial charge on any atom is -0.325 e. The van der Waals surface area contributed by atoms with Crippen molar-refractivity contribution in [3.63, 3.8) is 0 Å². The summed E-state index contributed by atoms with van der Waals surface area (Å²) in [6.45, 7) is 3.49. The number of nitrogens with two attached hydrogens (primary N) is 1. The Morgan fingerprint density at radius 1 is 1.45 bits per heavy atom. The second-order valence-electron chi connectivity index (χ2n) is 4.92. The summed E-state index contributed by atoms with van der Waals surface area (Å²) in [7, 11) is -3.75. The second kappa shape index (κ2) is 5.80. The average molecular weight is 362 g/mol. The zero-order chi connectivity index (χ0) is 14.9. The van der Waals surface area contributed by atoms with Gasteiger partial charge in [-0.2, -0.15) is 0 Å². The Labute approximate surface area is 126 Å². The Balaban J connectivity index is 2.16. The van der Waals surface area contributed by atoms with Crippen molar-refractivity contribution >= 4 is 37.5 Å². The van der Waals surface area contributed by atoms with Crippen LogP contribution in [0.5, 0.6) is 0 Å². The number of nitrogens with one attached hydrogen (secondary N) is 2. The van der Waals surface area contributed by atoms with E-state index < -0.39 is 10.0 Å². The Kier molecular flexibility index (Phi) is 4.48. The van der Waals surface area contributed by atoms with Crippen molar-refractivity contribution in [3.05, 3.63) is 22.7 Å². The zero-order valence-corrected chi connectivity index (χ0v) is 13.3. The van der Waals surface area contributed by atoms with Gasteiger partial charge < -0.3 is 10.6 Å². The lowest BCUT2D eigenvalue weighted by Crippen LogP contribution is -2.28. The molecule has 0 aromatic heterocycles. The van der Waals surface area contributed by atoms with E-state index in [1.165, 1.54) is 18.2 Å². The summed E-state index contributed by atoms with van der Waals surface area (Å²) in [5, 5.41) is 11.0. The number of hydrogen-bond donors (Lipinski definition) is 3. The summed E-state index contributed by atoms with van der Waals surface area (Å²) in [4.78, 5) is 12.1. The molecule has 6 nitrogen and oxygen atoms in total. The molecule has 1 heterocycles. The van der Waals surface area contributed by atoms with Crippen molar-refractivity contribution in [2.75, 3.05) is 18.4 Å². The number of halogens is 1. The standard InChI is InChI=1S/C12H16BrN3O3S/c1-7-5-15-6-9(7)12(17)16-11-3-2-8(4-10(11)13)20(14,18)19/h2-4,7,9,15H,5-6H2,1H3,(H,16,17)(H2,14,18,19)/t7-,9-/m1/s1. The summed E-state index contributed by atoms with van der Waals surface area (Å²) in [5.41, 5.74) is 0.529. The summed E-state index contributed by atoms with van der Waals surface area (Å²) >= 11 is 3.24. The van der Waals surface area contributed by atoms with Gasteiger partial charge in [0.05, 0.1) is 16.5 Å². The summed E-state index contributed by atoms with van der Waals surface area (Å²) in [6, 6.07) is 4.27. The van der Waals surface area contributed by atoms with Gasteiger partial charge in [0.2, 0.25) is 15.9 Å².